The molecule has 0 bridgehead atoms. The molecule has 0 aliphatic rings. The topological polar surface area (TPSA) is 89.9 Å². The minimum atomic E-state index is -0.693. The van der Waals surface area contributed by atoms with E-state index in [2.05, 4.69) is 0 Å². The Labute approximate surface area is 138 Å². The first kappa shape index (κ1) is 17.2. The summed E-state index contributed by atoms with van der Waals surface area (Å²) in [6.07, 6.45) is 0.385. The van der Waals surface area contributed by atoms with Gasteiger partial charge in [-0.15, -0.1) is 0 Å². The van der Waals surface area contributed by atoms with Crippen LogP contribution >= 0.6 is 0 Å². The molecule has 0 fully saturated rings. The van der Waals surface area contributed by atoms with E-state index in [1.54, 1.807) is 30.3 Å². The van der Waals surface area contributed by atoms with Crippen LogP contribution in [0.5, 0.6) is 17.2 Å². The number of ether oxygens (including phenoxy) is 2. The number of methoxy groups -OCH3 is 1. The Balaban J connectivity index is 2.64. The molecule has 0 aromatic heterocycles. The van der Waals surface area contributed by atoms with E-state index in [4.69, 9.17) is 9.47 Å². The number of phenolic OH excluding ortho intramolecular Hbond substituents is 1. The predicted octanol–water partition coefficient (Wildman–Crippen LogP) is 2.94. The van der Waals surface area contributed by atoms with Crippen molar-refractivity contribution in [2.75, 3.05) is 7.11 Å². The van der Waals surface area contributed by atoms with Crippen molar-refractivity contribution in [2.24, 2.45) is 0 Å². The van der Waals surface area contributed by atoms with E-state index in [-0.39, 0.29) is 33.8 Å². The summed E-state index contributed by atoms with van der Waals surface area (Å²) in [6.45, 7) is 2.74. The van der Waals surface area contributed by atoms with Crippen LogP contribution in [0.3, 0.4) is 0 Å². The van der Waals surface area contributed by atoms with Crippen molar-refractivity contribution in [3.05, 3.63) is 52.6 Å². The van der Waals surface area contributed by atoms with E-state index in [0.29, 0.717) is 6.29 Å². The van der Waals surface area contributed by atoms with Gasteiger partial charge in [-0.2, -0.15) is 0 Å². The molecular formula is C18H16O6. The number of hydrogen-bond acceptors (Lipinski definition) is 6. The number of aromatic hydroxyl groups is 1. The highest BCUT2D eigenvalue weighted by Crippen LogP contribution is 2.42. The Kier molecular flexibility index (Phi) is 4.99. The zero-order valence-corrected chi connectivity index (χ0v) is 13.5. The third-order valence-electron chi connectivity index (χ3n) is 3.52. The fourth-order valence-electron chi connectivity index (χ4n) is 2.39. The van der Waals surface area contributed by atoms with Gasteiger partial charge in [-0.05, 0) is 26.0 Å². The van der Waals surface area contributed by atoms with Gasteiger partial charge in [0.1, 0.15) is 17.1 Å². The number of Topliss-reactive ketones (excluding diaryl/α,β-unsaturated/α-hetero) is 1. The molecule has 0 heterocycles. The molecule has 0 atom stereocenters. The molecule has 0 aliphatic carbocycles. The maximum atomic E-state index is 12.3. The van der Waals surface area contributed by atoms with Gasteiger partial charge in [-0.25, -0.2) is 4.79 Å². The summed E-state index contributed by atoms with van der Waals surface area (Å²) in [5.74, 6) is -1.89. The van der Waals surface area contributed by atoms with Gasteiger partial charge in [0.2, 0.25) is 0 Å². The van der Waals surface area contributed by atoms with Gasteiger partial charge in [0.05, 0.1) is 18.2 Å². The number of ketones is 1. The number of benzene rings is 2. The minimum Gasteiger partial charge on any atom is -0.506 e. The lowest BCUT2D eigenvalue weighted by molar-refractivity contribution is 0.0731. The van der Waals surface area contributed by atoms with Crippen LogP contribution in [0.1, 0.15) is 43.6 Å². The third-order valence-corrected chi connectivity index (χ3v) is 3.52. The van der Waals surface area contributed by atoms with Crippen LogP contribution in [-0.4, -0.2) is 30.3 Å². The van der Waals surface area contributed by atoms with E-state index in [1.165, 1.54) is 21.0 Å². The second kappa shape index (κ2) is 6.95. The Morgan fingerprint density at radius 1 is 1.12 bits per heavy atom. The average Bonchev–Trinajstić information content (AvgIpc) is 2.57. The Morgan fingerprint density at radius 3 is 2.25 bits per heavy atom. The van der Waals surface area contributed by atoms with Gasteiger partial charge >= 0.3 is 5.97 Å². The van der Waals surface area contributed by atoms with Crippen molar-refractivity contribution in [2.45, 2.75) is 13.8 Å². The molecule has 24 heavy (non-hydrogen) atoms. The zero-order valence-electron chi connectivity index (χ0n) is 13.5. The Hall–Kier alpha value is -3.15. The number of carbonyl (C=O) groups excluding carboxylic acids is 3. The summed E-state index contributed by atoms with van der Waals surface area (Å²) in [6, 6.07) is 8.20. The summed E-state index contributed by atoms with van der Waals surface area (Å²) >= 11 is 0. The lowest BCUT2D eigenvalue weighted by atomic mass is 9.99. The molecule has 6 heteroatoms. The number of phenols is 1. The van der Waals surface area contributed by atoms with Gasteiger partial charge in [0, 0.05) is 5.56 Å². The second-order valence-corrected chi connectivity index (χ2v) is 5.05. The highest BCUT2D eigenvalue weighted by molar-refractivity contribution is 6.05. The van der Waals surface area contributed by atoms with Crippen LogP contribution in [0.4, 0.5) is 0 Å². The molecule has 2 aromatic carbocycles. The van der Waals surface area contributed by atoms with Crippen molar-refractivity contribution in [3.63, 3.8) is 0 Å². The first-order valence-corrected chi connectivity index (χ1v) is 7.09. The van der Waals surface area contributed by atoms with Crippen LogP contribution < -0.4 is 9.47 Å². The molecule has 124 valence electrons. The number of carbonyl (C=O) groups is 3. The van der Waals surface area contributed by atoms with E-state index >= 15 is 0 Å². The fourth-order valence-corrected chi connectivity index (χ4v) is 2.39. The van der Waals surface area contributed by atoms with Gasteiger partial charge < -0.3 is 14.6 Å². The van der Waals surface area contributed by atoms with E-state index < -0.39 is 17.5 Å². The van der Waals surface area contributed by atoms with Crippen LogP contribution in [0, 0.1) is 6.92 Å². The summed E-state index contributed by atoms with van der Waals surface area (Å²) in [5.41, 5.74) is 0.149. The number of aldehydes is 1. The number of esters is 1. The standard InChI is InChI=1S/C18H16O6/c1-10-16(23-3)13(9-19)15(21)14(11(2)20)17(10)24-18(22)12-7-5-4-6-8-12/h4-9,21H,1-3H3. The van der Waals surface area contributed by atoms with Crippen molar-refractivity contribution in [1.82, 2.24) is 0 Å². The molecule has 0 aliphatic heterocycles. The Bertz CT molecular complexity index is 808. The first-order valence-electron chi connectivity index (χ1n) is 7.09. The Morgan fingerprint density at radius 2 is 1.75 bits per heavy atom. The van der Waals surface area contributed by atoms with Crippen molar-refractivity contribution < 1.29 is 29.0 Å². The van der Waals surface area contributed by atoms with Crippen LogP contribution in [-0.2, 0) is 0 Å². The maximum absolute atomic E-state index is 12.3. The SMILES string of the molecule is COc1c(C)c(OC(=O)c2ccccc2)c(C(C)=O)c(O)c1C=O. The first-order chi connectivity index (χ1) is 11.4. The van der Waals surface area contributed by atoms with Gasteiger partial charge in [-0.3, -0.25) is 9.59 Å². The molecule has 1 N–H and O–H groups in total. The average molecular weight is 328 g/mol. The van der Waals surface area contributed by atoms with Crippen LogP contribution in [0.2, 0.25) is 0 Å². The highest BCUT2D eigenvalue weighted by Gasteiger charge is 2.27. The summed E-state index contributed by atoms with van der Waals surface area (Å²) in [7, 11) is 1.31. The zero-order chi connectivity index (χ0) is 17.9. The number of rotatable bonds is 5. The molecule has 6 nitrogen and oxygen atoms in total. The normalized spacial score (nSPS) is 10.1. The van der Waals surface area contributed by atoms with Gasteiger partial charge in [0.15, 0.2) is 17.8 Å². The molecule has 0 unspecified atom stereocenters. The molecule has 0 saturated carbocycles. The van der Waals surface area contributed by atoms with E-state index in [1.807, 2.05) is 0 Å². The molecule has 0 spiro atoms. The third kappa shape index (κ3) is 2.99. The fraction of sp³-hybridized carbons (Fsp3) is 0.167. The molecule has 2 aromatic rings. The largest absolute Gasteiger partial charge is 0.506 e. The summed E-state index contributed by atoms with van der Waals surface area (Å²) < 4.78 is 10.4. The quantitative estimate of drug-likeness (QED) is 0.393. The molecule has 0 saturated heterocycles. The maximum Gasteiger partial charge on any atom is 0.343 e. The van der Waals surface area contributed by atoms with Crippen molar-refractivity contribution >= 4 is 18.0 Å². The summed E-state index contributed by atoms with van der Waals surface area (Å²) in [5, 5.41) is 10.2. The number of hydrogen-bond donors (Lipinski definition) is 1. The molecule has 2 rings (SSSR count). The van der Waals surface area contributed by atoms with Gasteiger partial charge in [-0.1, -0.05) is 18.2 Å². The van der Waals surface area contributed by atoms with Crippen LogP contribution in [0.25, 0.3) is 0 Å². The predicted molar refractivity (Wildman–Crippen MR) is 86.2 cm³/mol. The lowest BCUT2D eigenvalue weighted by Gasteiger charge is -2.17. The lowest BCUT2D eigenvalue weighted by Crippen LogP contribution is -2.13. The van der Waals surface area contributed by atoms with Crippen molar-refractivity contribution in [3.8, 4) is 17.2 Å². The monoisotopic (exact) mass is 328 g/mol. The van der Waals surface area contributed by atoms with Gasteiger partial charge in [0.25, 0.3) is 0 Å². The second-order valence-electron chi connectivity index (χ2n) is 5.05. The molecule has 0 radical (unpaired) electrons. The van der Waals surface area contributed by atoms with Crippen molar-refractivity contribution in [1.29, 1.82) is 0 Å². The van der Waals surface area contributed by atoms with Crippen LogP contribution in [0.15, 0.2) is 30.3 Å². The highest BCUT2D eigenvalue weighted by atomic mass is 16.5. The smallest absolute Gasteiger partial charge is 0.343 e. The van der Waals surface area contributed by atoms with E-state index in [9.17, 15) is 19.5 Å². The summed E-state index contributed by atoms with van der Waals surface area (Å²) in [4.78, 5) is 35.4. The minimum absolute atomic E-state index is 0.0448. The molecule has 0 amide bonds. The van der Waals surface area contributed by atoms with E-state index in [0.717, 1.165) is 0 Å². The molecular weight excluding hydrogens is 312 g/mol.